The van der Waals surface area contributed by atoms with E-state index in [0.717, 1.165) is 41.0 Å². The number of hydrogen-bond donors (Lipinski definition) is 3. The molecule has 3 amide bonds. The van der Waals surface area contributed by atoms with Gasteiger partial charge in [0.2, 0.25) is 5.91 Å². The van der Waals surface area contributed by atoms with Gasteiger partial charge >= 0.3 is 0 Å². The Balaban J connectivity index is 1.36. The van der Waals surface area contributed by atoms with E-state index in [1.165, 1.54) is 11.3 Å². The highest BCUT2D eigenvalue weighted by Gasteiger charge is 2.37. The summed E-state index contributed by atoms with van der Waals surface area (Å²) in [6, 6.07) is 4.61. The largest absolute Gasteiger partial charge is 0.350 e. The number of aromatic amines is 1. The smallest absolute Gasteiger partial charge is 0.280 e. The predicted octanol–water partition coefficient (Wildman–Crippen LogP) is 3.81. The number of H-pyrrole nitrogens is 1. The molecule has 0 radical (unpaired) electrons. The molecule has 9 nitrogen and oxygen atoms in total. The van der Waals surface area contributed by atoms with Crippen LogP contribution in [0.3, 0.4) is 0 Å². The highest BCUT2D eigenvalue weighted by atomic mass is 79.9. The molecule has 2 aliphatic rings. The second-order valence-electron chi connectivity index (χ2n) is 10.3. The fourth-order valence-electron chi connectivity index (χ4n) is 5.27. The van der Waals surface area contributed by atoms with Crippen LogP contribution in [0.5, 0.6) is 0 Å². The van der Waals surface area contributed by atoms with Crippen molar-refractivity contribution in [3.63, 3.8) is 0 Å². The second-order valence-corrected chi connectivity index (χ2v) is 12.6. The summed E-state index contributed by atoms with van der Waals surface area (Å²) in [5, 5.41) is 8.02. The third kappa shape index (κ3) is 5.47. The molecule has 12 heteroatoms. The molecule has 1 aliphatic heterocycles. The van der Waals surface area contributed by atoms with Gasteiger partial charge in [-0.15, -0.1) is 11.3 Å². The Morgan fingerprint density at radius 2 is 1.95 bits per heavy atom. The van der Waals surface area contributed by atoms with Gasteiger partial charge in [0.15, 0.2) is 5.01 Å². The van der Waals surface area contributed by atoms with Crippen molar-refractivity contribution in [3.05, 3.63) is 49.0 Å². The Morgan fingerprint density at radius 1 is 1.18 bits per heavy atom. The molecule has 3 aromatic rings. The van der Waals surface area contributed by atoms with Gasteiger partial charge in [0.1, 0.15) is 5.69 Å². The minimum absolute atomic E-state index is 0.0250. The minimum Gasteiger partial charge on any atom is -0.350 e. The molecular weight excluding hydrogens is 592 g/mol. The molecular formula is C26H30BrClN6O3S. The summed E-state index contributed by atoms with van der Waals surface area (Å²) in [4.78, 5) is 52.1. The quantitative estimate of drug-likeness (QED) is 0.401. The van der Waals surface area contributed by atoms with Crippen LogP contribution in [0.25, 0.3) is 10.9 Å². The van der Waals surface area contributed by atoms with Gasteiger partial charge in [-0.3, -0.25) is 14.4 Å². The molecule has 0 spiro atoms. The fraction of sp³-hybridized carbons (Fsp3) is 0.462. The van der Waals surface area contributed by atoms with Crippen molar-refractivity contribution in [2.45, 2.75) is 44.3 Å². The molecule has 3 N–H and O–H groups in total. The van der Waals surface area contributed by atoms with Crippen LogP contribution in [0.15, 0.2) is 22.7 Å². The van der Waals surface area contributed by atoms with Crippen molar-refractivity contribution in [3.8, 4) is 0 Å². The molecule has 1 saturated carbocycles. The number of amides is 3. The Hall–Kier alpha value is -2.47. The average Bonchev–Trinajstić information content (AvgIpc) is 3.45. The number of rotatable bonds is 5. The van der Waals surface area contributed by atoms with Gasteiger partial charge in [-0.25, -0.2) is 4.98 Å². The second kappa shape index (κ2) is 11.0. The summed E-state index contributed by atoms with van der Waals surface area (Å²) in [5.74, 6) is -0.769. The summed E-state index contributed by atoms with van der Waals surface area (Å²) < 4.78 is 0.628. The van der Waals surface area contributed by atoms with Gasteiger partial charge in [0, 0.05) is 66.4 Å². The lowest BCUT2D eigenvalue weighted by molar-refractivity contribution is -0.134. The maximum atomic E-state index is 13.4. The lowest BCUT2D eigenvalue weighted by Gasteiger charge is -2.37. The topological polar surface area (TPSA) is 110 Å². The minimum atomic E-state index is -0.421. The summed E-state index contributed by atoms with van der Waals surface area (Å²) >= 11 is 11.1. The number of nitrogens with one attached hydrogen (secondary N) is 3. The summed E-state index contributed by atoms with van der Waals surface area (Å²) in [5.41, 5.74) is 2.15. The van der Waals surface area contributed by atoms with Crippen LogP contribution < -0.4 is 10.6 Å². The summed E-state index contributed by atoms with van der Waals surface area (Å²) in [6.45, 7) is 1.70. The molecule has 1 aromatic carbocycles. The van der Waals surface area contributed by atoms with Gasteiger partial charge in [-0.2, -0.15) is 0 Å². The van der Waals surface area contributed by atoms with Crippen molar-refractivity contribution in [1.29, 1.82) is 0 Å². The third-order valence-electron chi connectivity index (χ3n) is 7.31. The molecule has 2 aromatic heterocycles. The van der Waals surface area contributed by atoms with Crippen LogP contribution in [-0.2, 0) is 17.8 Å². The van der Waals surface area contributed by atoms with Crippen LogP contribution in [-0.4, -0.2) is 77.3 Å². The van der Waals surface area contributed by atoms with Crippen molar-refractivity contribution >= 4 is 67.5 Å². The van der Waals surface area contributed by atoms with Gasteiger partial charge in [0.05, 0.1) is 16.2 Å². The molecule has 5 rings (SSSR count). The highest BCUT2D eigenvalue weighted by molar-refractivity contribution is 9.10. The first kappa shape index (κ1) is 27.1. The highest BCUT2D eigenvalue weighted by Crippen LogP contribution is 2.32. The van der Waals surface area contributed by atoms with Gasteiger partial charge < -0.3 is 25.4 Å². The molecule has 202 valence electrons. The van der Waals surface area contributed by atoms with E-state index in [9.17, 15) is 14.4 Å². The Labute approximate surface area is 238 Å². The zero-order valence-electron chi connectivity index (χ0n) is 21.4. The summed E-state index contributed by atoms with van der Waals surface area (Å²) in [6.07, 6.45) is 2.44. The number of thiazole rings is 1. The van der Waals surface area contributed by atoms with Crippen molar-refractivity contribution in [2.75, 3.05) is 27.7 Å². The van der Waals surface area contributed by atoms with Gasteiger partial charge in [-0.1, -0.05) is 11.6 Å². The standard InChI is InChI=1S/C26H30BrClN6O3S/c1-33(2)26(37)13-4-6-17(30-23(35)22-21(27)15-11-14(28)5-7-16(15)29-22)19(10-13)31-24(36)25-32-18-8-9-34(3)12-20(18)38-25/h5,7,11,13,17,19,29H,4,6,8-10,12H2,1-3H3,(H,30,35)(H,31,36)/t13-,17-,19?/m0/s1. The zero-order chi connectivity index (χ0) is 27.1. The maximum Gasteiger partial charge on any atom is 0.280 e. The zero-order valence-corrected chi connectivity index (χ0v) is 24.6. The number of aromatic nitrogens is 2. The van der Waals surface area contributed by atoms with E-state index in [1.54, 1.807) is 31.1 Å². The van der Waals surface area contributed by atoms with E-state index in [4.69, 9.17) is 11.6 Å². The first-order chi connectivity index (χ1) is 18.1. The maximum absolute atomic E-state index is 13.4. The first-order valence-corrected chi connectivity index (χ1v) is 14.6. The number of carbonyl (C=O) groups is 3. The molecule has 1 fully saturated rings. The molecule has 1 unspecified atom stereocenters. The van der Waals surface area contributed by atoms with Crippen LogP contribution in [0.2, 0.25) is 5.02 Å². The SMILES string of the molecule is CN1CCc2nc(C(=O)NC3C[C@@H](C(=O)N(C)C)CC[C@@H]3NC(=O)c3[nH]c4ccc(Cl)cc4c3Br)sc2C1. The number of hydrogen-bond acceptors (Lipinski definition) is 6. The molecule has 38 heavy (non-hydrogen) atoms. The number of carbonyl (C=O) groups excluding carboxylic acids is 3. The van der Waals surface area contributed by atoms with Crippen molar-refractivity contribution in [1.82, 2.24) is 30.4 Å². The molecule has 3 heterocycles. The van der Waals surface area contributed by atoms with Gasteiger partial charge in [0.25, 0.3) is 11.8 Å². The first-order valence-electron chi connectivity index (χ1n) is 12.6. The van der Waals surface area contributed by atoms with Crippen LogP contribution in [0.4, 0.5) is 0 Å². The molecule has 0 saturated heterocycles. The Kier molecular flexibility index (Phi) is 7.82. The van der Waals surface area contributed by atoms with Gasteiger partial charge in [-0.05, 0) is 60.4 Å². The van der Waals surface area contributed by atoms with E-state index in [0.29, 0.717) is 39.5 Å². The van der Waals surface area contributed by atoms with E-state index < -0.39 is 6.04 Å². The Morgan fingerprint density at radius 3 is 2.71 bits per heavy atom. The lowest BCUT2D eigenvalue weighted by atomic mass is 9.81. The molecule has 0 bridgehead atoms. The lowest BCUT2D eigenvalue weighted by Crippen LogP contribution is -2.56. The van der Waals surface area contributed by atoms with E-state index >= 15 is 0 Å². The average molecular weight is 622 g/mol. The van der Waals surface area contributed by atoms with E-state index in [2.05, 4.69) is 48.5 Å². The molecule has 1 aliphatic carbocycles. The Bertz CT molecular complexity index is 1410. The van der Waals surface area contributed by atoms with E-state index in [-0.39, 0.29) is 29.7 Å². The normalized spacial score (nSPS) is 21.7. The number of likely N-dealkylation sites (N-methyl/N-ethyl adjacent to an activating group) is 1. The number of benzene rings is 1. The number of fused-ring (bicyclic) bond motifs is 2. The van der Waals surface area contributed by atoms with Crippen LogP contribution in [0.1, 0.15) is 50.1 Å². The summed E-state index contributed by atoms with van der Waals surface area (Å²) in [7, 11) is 5.53. The van der Waals surface area contributed by atoms with E-state index in [1.807, 2.05) is 6.07 Å². The number of nitrogens with zero attached hydrogens (tertiary/aromatic N) is 3. The van der Waals surface area contributed by atoms with Crippen molar-refractivity contribution < 1.29 is 14.4 Å². The van der Waals surface area contributed by atoms with Crippen LogP contribution in [0, 0.1) is 5.92 Å². The predicted molar refractivity (Wildman–Crippen MR) is 152 cm³/mol. The van der Waals surface area contributed by atoms with Crippen molar-refractivity contribution in [2.24, 2.45) is 5.92 Å². The monoisotopic (exact) mass is 620 g/mol. The fourth-order valence-corrected chi connectivity index (χ4v) is 7.14. The third-order valence-corrected chi connectivity index (χ3v) is 9.45. The van der Waals surface area contributed by atoms with Crippen LogP contribution >= 0.6 is 38.9 Å². The molecule has 3 atom stereocenters. The number of halogens is 2.